The highest BCUT2D eigenvalue weighted by Crippen LogP contribution is 2.20. The van der Waals surface area contributed by atoms with Crippen LogP contribution in [0.15, 0.2) is 11.4 Å². The van der Waals surface area contributed by atoms with Gasteiger partial charge in [0, 0.05) is 0 Å². The van der Waals surface area contributed by atoms with Gasteiger partial charge in [-0.2, -0.15) is 0 Å². The first-order valence-electron chi connectivity index (χ1n) is 2.24. The van der Waals surface area contributed by atoms with Gasteiger partial charge in [0.05, 0.1) is 5.69 Å². The highest BCUT2D eigenvalue weighted by Gasteiger charge is 2.05. The Labute approximate surface area is 61.2 Å². The van der Waals surface area contributed by atoms with E-state index in [1.807, 2.05) is 0 Å². The molecule has 0 fully saturated rings. The Balaban J connectivity index is 3.08. The van der Waals surface area contributed by atoms with Gasteiger partial charge in [0.1, 0.15) is 4.88 Å². The van der Waals surface area contributed by atoms with E-state index in [0.29, 0.717) is 10.6 Å². The van der Waals surface area contributed by atoms with E-state index in [4.69, 9.17) is 17.3 Å². The van der Waals surface area contributed by atoms with Crippen LogP contribution in [0.4, 0.5) is 5.69 Å². The van der Waals surface area contributed by atoms with Crippen molar-refractivity contribution in [2.45, 2.75) is 0 Å². The summed E-state index contributed by atoms with van der Waals surface area (Å²) in [5, 5.41) is 1.24. The molecule has 0 saturated heterocycles. The number of hydrogen-bond donors (Lipinski definition) is 1. The first-order chi connectivity index (χ1) is 4.22. The smallest absolute Gasteiger partial charge is 0.264 e. The number of carbonyl (C=O) groups is 1. The second-order valence-corrected chi connectivity index (χ2v) is 2.74. The van der Waals surface area contributed by atoms with Crippen LogP contribution < -0.4 is 5.73 Å². The lowest BCUT2D eigenvalue weighted by molar-refractivity contribution is 0.108. The molecule has 0 aromatic carbocycles. The summed E-state index contributed by atoms with van der Waals surface area (Å²) >= 11 is 6.39. The SMILES string of the molecule is Nc1ccsc1C(=O)Cl. The molecule has 1 aromatic rings. The van der Waals surface area contributed by atoms with Crippen LogP contribution in [0.5, 0.6) is 0 Å². The van der Waals surface area contributed by atoms with Crippen molar-refractivity contribution in [2.75, 3.05) is 5.73 Å². The predicted molar refractivity (Wildman–Crippen MR) is 38.9 cm³/mol. The monoisotopic (exact) mass is 161 g/mol. The fraction of sp³-hybridized carbons (Fsp3) is 0. The zero-order chi connectivity index (χ0) is 6.85. The first kappa shape index (κ1) is 6.58. The molecule has 1 aromatic heterocycles. The summed E-state index contributed by atoms with van der Waals surface area (Å²) in [7, 11) is 0. The maximum Gasteiger partial charge on any atom is 0.264 e. The maximum atomic E-state index is 10.4. The molecule has 0 aliphatic carbocycles. The van der Waals surface area contributed by atoms with Gasteiger partial charge in [-0.25, -0.2) is 0 Å². The van der Waals surface area contributed by atoms with E-state index in [9.17, 15) is 4.79 Å². The number of rotatable bonds is 1. The molecule has 9 heavy (non-hydrogen) atoms. The summed E-state index contributed by atoms with van der Waals surface area (Å²) in [4.78, 5) is 10.9. The first-order valence-corrected chi connectivity index (χ1v) is 3.50. The Hall–Kier alpha value is -0.540. The highest BCUT2D eigenvalue weighted by atomic mass is 35.5. The molecule has 0 radical (unpaired) electrons. The summed E-state index contributed by atoms with van der Waals surface area (Å²) < 4.78 is 0. The second kappa shape index (κ2) is 2.37. The third-order valence-electron chi connectivity index (χ3n) is 0.874. The van der Waals surface area contributed by atoms with Crippen molar-refractivity contribution in [1.29, 1.82) is 0 Å². The molecule has 1 rings (SSSR count). The lowest BCUT2D eigenvalue weighted by Crippen LogP contribution is -1.90. The Morgan fingerprint density at radius 1 is 1.78 bits per heavy atom. The van der Waals surface area contributed by atoms with Crippen LogP contribution in [-0.2, 0) is 0 Å². The fourth-order valence-corrected chi connectivity index (χ4v) is 1.37. The van der Waals surface area contributed by atoms with Gasteiger partial charge in [0.15, 0.2) is 0 Å². The number of thiophene rings is 1. The van der Waals surface area contributed by atoms with Gasteiger partial charge in [0.2, 0.25) is 0 Å². The molecule has 0 amide bonds. The Kier molecular flexibility index (Phi) is 1.73. The number of nitrogen functional groups attached to an aromatic ring is 1. The standard InChI is InChI=1S/C5H4ClNOS/c6-5(8)4-3(7)1-2-9-4/h1-2H,7H2. The Bertz CT molecular complexity index is 233. The minimum absolute atomic E-state index is 0.427. The van der Waals surface area contributed by atoms with Gasteiger partial charge in [0.25, 0.3) is 5.24 Å². The van der Waals surface area contributed by atoms with E-state index >= 15 is 0 Å². The molecular weight excluding hydrogens is 158 g/mol. The van der Waals surface area contributed by atoms with Crippen molar-refractivity contribution in [1.82, 2.24) is 0 Å². The van der Waals surface area contributed by atoms with Crippen molar-refractivity contribution in [3.63, 3.8) is 0 Å². The predicted octanol–water partition coefficient (Wildman–Crippen LogP) is 1.71. The third-order valence-corrected chi connectivity index (χ3v) is 2.10. The third kappa shape index (κ3) is 1.23. The summed E-state index contributed by atoms with van der Waals surface area (Å²) in [6.45, 7) is 0. The van der Waals surface area contributed by atoms with E-state index in [1.54, 1.807) is 11.4 Å². The molecule has 0 atom stereocenters. The summed E-state index contributed by atoms with van der Waals surface area (Å²) in [6.07, 6.45) is 0. The highest BCUT2D eigenvalue weighted by molar-refractivity contribution is 7.14. The van der Waals surface area contributed by atoms with Crippen LogP contribution in [0.2, 0.25) is 0 Å². The van der Waals surface area contributed by atoms with Gasteiger partial charge in [-0.1, -0.05) is 0 Å². The molecule has 1 heterocycles. The van der Waals surface area contributed by atoms with Crippen molar-refractivity contribution >= 4 is 33.9 Å². The van der Waals surface area contributed by atoms with E-state index in [0.717, 1.165) is 0 Å². The molecule has 0 unspecified atom stereocenters. The van der Waals surface area contributed by atoms with E-state index in [-0.39, 0.29) is 0 Å². The van der Waals surface area contributed by atoms with Crippen LogP contribution in [0.25, 0.3) is 0 Å². The van der Waals surface area contributed by atoms with E-state index in [2.05, 4.69) is 0 Å². The largest absolute Gasteiger partial charge is 0.397 e. The normalized spacial score (nSPS) is 9.44. The molecule has 4 heteroatoms. The molecule has 0 aliphatic rings. The van der Waals surface area contributed by atoms with Crippen LogP contribution in [0.3, 0.4) is 0 Å². The average molecular weight is 162 g/mol. The van der Waals surface area contributed by atoms with Crippen LogP contribution >= 0.6 is 22.9 Å². The number of carbonyl (C=O) groups excluding carboxylic acids is 1. The minimum Gasteiger partial charge on any atom is -0.397 e. The zero-order valence-corrected chi connectivity index (χ0v) is 6.00. The van der Waals surface area contributed by atoms with Gasteiger partial charge >= 0.3 is 0 Å². The van der Waals surface area contributed by atoms with E-state index < -0.39 is 5.24 Å². The van der Waals surface area contributed by atoms with Crippen LogP contribution in [0, 0.1) is 0 Å². The number of nitrogens with two attached hydrogens (primary N) is 1. The summed E-state index contributed by atoms with van der Waals surface area (Å²) in [6, 6.07) is 1.65. The average Bonchev–Trinajstić information content (AvgIpc) is 2.13. The molecule has 0 bridgehead atoms. The lowest BCUT2D eigenvalue weighted by atomic mass is 10.4. The fourth-order valence-electron chi connectivity index (χ4n) is 0.479. The number of anilines is 1. The molecule has 0 aliphatic heterocycles. The van der Waals surface area contributed by atoms with Gasteiger partial charge in [-0.3, -0.25) is 4.79 Å². The van der Waals surface area contributed by atoms with Crippen molar-refractivity contribution < 1.29 is 4.79 Å². The molecule has 2 nitrogen and oxygen atoms in total. The van der Waals surface area contributed by atoms with Gasteiger partial charge in [-0.15, -0.1) is 11.3 Å². The maximum absolute atomic E-state index is 10.4. The molecule has 2 N–H and O–H groups in total. The van der Waals surface area contributed by atoms with Crippen LogP contribution in [-0.4, -0.2) is 5.24 Å². The van der Waals surface area contributed by atoms with E-state index in [1.165, 1.54) is 11.3 Å². The number of halogens is 1. The Morgan fingerprint density at radius 3 is 2.67 bits per heavy atom. The molecule has 48 valence electrons. The van der Waals surface area contributed by atoms with Gasteiger partial charge in [-0.05, 0) is 23.0 Å². The molecule has 0 spiro atoms. The van der Waals surface area contributed by atoms with Crippen molar-refractivity contribution in [2.24, 2.45) is 0 Å². The molecule has 0 saturated carbocycles. The summed E-state index contributed by atoms with van der Waals surface area (Å²) in [5.74, 6) is 0. The quantitative estimate of drug-likeness (QED) is 0.638. The van der Waals surface area contributed by atoms with Crippen molar-refractivity contribution in [3.05, 3.63) is 16.3 Å². The minimum atomic E-state index is -0.484. The number of hydrogen-bond acceptors (Lipinski definition) is 3. The summed E-state index contributed by atoms with van der Waals surface area (Å²) in [5.41, 5.74) is 5.80. The topological polar surface area (TPSA) is 43.1 Å². The molecular formula is C5H4ClNOS. The van der Waals surface area contributed by atoms with Crippen LogP contribution in [0.1, 0.15) is 9.67 Å². The Morgan fingerprint density at radius 2 is 2.44 bits per heavy atom. The lowest BCUT2D eigenvalue weighted by Gasteiger charge is -1.85. The second-order valence-electron chi connectivity index (χ2n) is 1.48. The van der Waals surface area contributed by atoms with Crippen molar-refractivity contribution in [3.8, 4) is 0 Å². The van der Waals surface area contributed by atoms with Gasteiger partial charge < -0.3 is 5.73 Å². The zero-order valence-electron chi connectivity index (χ0n) is 4.43.